The predicted octanol–water partition coefficient (Wildman–Crippen LogP) is 2.36. The van der Waals surface area contributed by atoms with E-state index in [-0.39, 0.29) is 11.7 Å². The summed E-state index contributed by atoms with van der Waals surface area (Å²) < 4.78 is 11.8. The van der Waals surface area contributed by atoms with E-state index in [0.717, 1.165) is 25.1 Å². The van der Waals surface area contributed by atoms with Crippen LogP contribution in [0.25, 0.3) is 0 Å². The van der Waals surface area contributed by atoms with E-state index in [0.29, 0.717) is 5.56 Å². The number of rotatable bonds is 1. The van der Waals surface area contributed by atoms with Crippen molar-refractivity contribution in [2.24, 2.45) is 5.73 Å². The van der Waals surface area contributed by atoms with Crippen molar-refractivity contribution in [3.8, 4) is 0 Å². The maximum absolute atomic E-state index is 11.8. The molecule has 0 bridgehead atoms. The van der Waals surface area contributed by atoms with Crippen molar-refractivity contribution in [2.45, 2.75) is 12.8 Å². The van der Waals surface area contributed by atoms with Gasteiger partial charge in [0.25, 0.3) is 0 Å². The van der Waals surface area contributed by atoms with E-state index in [1.54, 1.807) is 12.1 Å². The Hall–Kier alpha value is -2.43. The number of primary amides is 1. The molecule has 20 heavy (non-hydrogen) atoms. The Morgan fingerprint density at radius 2 is 2.20 bits per heavy atom. The number of aryl methyl sites for hydroxylation is 1. The van der Waals surface area contributed by atoms with Gasteiger partial charge in [-0.05, 0) is 48.7 Å². The Balaban J connectivity index is 0.000000178. The van der Waals surface area contributed by atoms with Gasteiger partial charge >= 0.3 is 0 Å². The van der Waals surface area contributed by atoms with Crippen LogP contribution in [0.3, 0.4) is 0 Å². The van der Waals surface area contributed by atoms with Gasteiger partial charge < -0.3 is 11.1 Å². The highest BCUT2D eigenvalue weighted by Crippen LogP contribution is 2.22. The number of halogens is 1. The van der Waals surface area contributed by atoms with E-state index in [4.69, 9.17) is 5.73 Å². The van der Waals surface area contributed by atoms with Crippen LogP contribution in [0.1, 0.15) is 22.3 Å². The van der Waals surface area contributed by atoms with Gasteiger partial charge in [0.05, 0.1) is 6.20 Å². The molecule has 0 fully saturated rings. The number of nitrogens with one attached hydrogen (secondary N) is 1. The Morgan fingerprint density at radius 3 is 2.80 bits per heavy atom. The second-order valence-corrected chi connectivity index (χ2v) is 4.44. The summed E-state index contributed by atoms with van der Waals surface area (Å²) in [7, 11) is 0. The van der Waals surface area contributed by atoms with Crippen LogP contribution in [0.4, 0.5) is 10.1 Å². The lowest BCUT2D eigenvalue weighted by Crippen LogP contribution is -2.15. The predicted molar refractivity (Wildman–Crippen MR) is 76.0 cm³/mol. The highest BCUT2D eigenvalue weighted by Gasteiger charge is 2.10. The maximum Gasteiger partial charge on any atom is 0.248 e. The first-order valence-corrected chi connectivity index (χ1v) is 6.39. The number of aromatic nitrogens is 1. The first-order chi connectivity index (χ1) is 9.66. The molecule has 5 heteroatoms. The fraction of sp³-hybridized carbons (Fsp3) is 0.200. The summed E-state index contributed by atoms with van der Waals surface area (Å²) in [5.74, 6) is -0.643. The molecule has 3 N–H and O–H groups in total. The maximum atomic E-state index is 11.8. The molecule has 1 aromatic heterocycles. The summed E-state index contributed by atoms with van der Waals surface area (Å²) >= 11 is 0. The van der Waals surface area contributed by atoms with Crippen LogP contribution >= 0.6 is 0 Å². The van der Waals surface area contributed by atoms with Crippen molar-refractivity contribution in [3.63, 3.8) is 0 Å². The zero-order chi connectivity index (χ0) is 14.4. The second kappa shape index (κ2) is 6.65. The zero-order valence-corrected chi connectivity index (χ0v) is 11.0. The van der Waals surface area contributed by atoms with Gasteiger partial charge in [0.15, 0.2) is 0 Å². The molecule has 3 rings (SSSR count). The second-order valence-electron chi connectivity index (χ2n) is 4.44. The number of anilines is 1. The monoisotopic (exact) mass is 273 g/mol. The molecule has 104 valence electrons. The molecule has 0 saturated heterocycles. The van der Waals surface area contributed by atoms with Crippen LogP contribution in [0.15, 0.2) is 42.7 Å². The van der Waals surface area contributed by atoms with Gasteiger partial charge in [-0.15, -0.1) is 0 Å². The summed E-state index contributed by atoms with van der Waals surface area (Å²) in [6, 6.07) is 8.47. The molecular weight excluding hydrogens is 257 g/mol. The van der Waals surface area contributed by atoms with Crippen molar-refractivity contribution in [3.05, 3.63) is 59.7 Å². The molecule has 0 aliphatic carbocycles. The molecule has 0 saturated carbocycles. The number of nitrogens with zero attached hydrogens (tertiary/aromatic N) is 1. The van der Waals surface area contributed by atoms with Gasteiger partial charge in [-0.25, -0.2) is 4.39 Å². The Labute approximate surface area is 116 Å². The fourth-order valence-electron chi connectivity index (χ4n) is 1.97. The van der Waals surface area contributed by atoms with E-state index >= 15 is 0 Å². The minimum Gasteiger partial charge on any atom is -0.385 e. The number of nitrogens with two attached hydrogens (primary N) is 1. The zero-order valence-electron chi connectivity index (χ0n) is 11.0. The quantitative estimate of drug-likeness (QED) is 0.838. The minimum atomic E-state index is -0.353. The number of benzene rings is 1. The normalized spacial score (nSPS) is 12.4. The third-order valence-corrected chi connectivity index (χ3v) is 2.95. The first kappa shape index (κ1) is 14.0. The van der Waals surface area contributed by atoms with Crippen molar-refractivity contribution in [2.75, 3.05) is 11.9 Å². The molecular formula is C15H16FN3O. The average molecular weight is 273 g/mol. The smallest absolute Gasteiger partial charge is 0.248 e. The number of hydrogen-bond donors (Lipinski definition) is 2. The lowest BCUT2D eigenvalue weighted by molar-refractivity contribution is 0.1000. The van der Waals surface area contributed by atoms with E-state index < -0.39 is 0 Å². The van der Waals surface area contributed by atoms with Gasteiger partial charge in [0.2, 0.25) is 5.91 Å². The third-order valence-electron chi connectivity index (χ3n) is 2.95. The van der Waals surface area contributed by atoms with Crippen LogP contribution in [-0.4, -0.2) is 17.4 Å². The van der Waals surface area contributed by atoms with E-state index in [2.05, 4.69) is 10.3 Å². The highest BCUT2D eigenvalue weighted by atomic mass is 19.1. The standard InChI is InChI=1S/C10H12N2O.C5H4FN/c11-10(13)8-3-4-9-7(6-8)2-1-5-12-9;6-5-2-1-3-7-4-5/h3-4,6,12H,1-2,5H2,(H2,11,13);1-4H. The van der Waals surface area contributed by atoms with E-state index in [1.807, 2.05) is 12.1 Å². The van der Waals surface area contributed by atoms with Crippen LogP contribution < -0.4 is 11.1 Å². The minimum absolute atomic E-state index is 0.289. The third kappa shape index (κ3) is 3.78. The molecule has 0 unspecified atom stereocenters. The van der Waals surface area contributed by atoms with Crippen LogP contribution in [-0.2, 0) is 6.42 Å². The van der Waals surface area contributed by atoms with Gasteiger partial charge in [-0.1, -0.05) is 0 Å². The number of fused-ring (bicyclic) bond motifs is 1. The number of amides is 1. The van der Waals surface area contributed by atoms with Crippen LogP contribution in [0.2, 0.25) is 0 Å². The lowest BCUT2D eigenvalue weighted by atomic mass is 10.0. The van der Waals surface area contributed by atoms with E-state index in [1.165, 1.54) is 24.0 Å². The molecule has 4 nitrogen and oxygen atoms in total. The van der Waals surface area contributed by atoms with Crippen molar-refractivity contribution in [1.82, 2.24) is 4.98 Å². The first-order valence-electron chi connectivity index (χ1n) is 6.39. The highest BCUT2D eigenvalue weighted by molar-refractivity contribution is 5.93. The number of carbonyl (C=O) groups is 1. The largest absolute Gasteiger partial charge is 0.385 e. The van der Waals surface area contributed by atoms with Gasteiger partial charge in [-0.2, -0.15) is 0 Å². The summed E-state index contributed by atoms with van der Waals surface area (Å²) in [5.41, 5.74) is 8.12. The van der Waals surface area contributed by atoms with Crippen LogP contribution in [0, 0.1) is 5.82 Å². The molecule has 2 heterocycles. The molecule has 1 aliphatic rings. The van der Waals surface area contributed by atoms with Gasteiger partial charge in [0, 0.05) is 24.0 Å². The number of pyridine rings is 1. The summed E-state index contributed by atoms with van der Waals surface area (Å²) in [6.45, 7) is 1.02. The Morgan fingerprint density at radius 1 is 1.35 bits per heavy atom. The van der Waals surface area contributed by atoms with Crippen molar-refractivity contribution < 1.29 is 9.18 Å². The SMILES string of the molecule is Fc1cccnc1.NC(=O)c1ccc2c(c1)CCCN2. The Bertz CT molecular complexity index is 587. The molecule has 1 aromatic carbocycles. The molecule has 0 radical (unpaired) electrons. The summed E-state index contributed by atoms with van der Waals surface area (Å²) in [5, 5.41) is 3.28. The average Bonchev–Trinajstić information content (AvgIpc) is 2.48. The summed E-state index contributed by atoms with van der Waals surface area (Å²) in [4.78, 5) is 14.4. The molecule has 1 aliphatic heterocycles. The summed E-state index contributed by atoms with van der Waals surface area (Å²) in [6.07, 6.45) is 4.85. The van der Waals surface area contributed by atoms with Crippen molar-refractivity contribution >= 4 is 11.6 Å². The van der Waals surface area contributed by atoms with Gasteiger partial charge in [0.1, 0.15) is 5.82 Å². The molecule has 1 amide bonds. The molecule has 2 aromatic rings. The topological polar surface area (TPSA) is 68.0 Å². The fourth-order valence-corrected chi connectivity index (χ4v) is 1.97. The molecule has 0 spiro atoms. The van der Waals surface area contributed by atoms with Gasteiger partial charge in [-0.3, -0.25) is 9.78 Å². The Kier molecular flexibility index (Phi) is 4.65. The molecule has 0 atom stereocenters. The van der Waals surface area contributed by atoms with Crippen LogP contribution in [0.5, 0.6) is 0 Å². The number of carbonyl (C=O) groups excluding carboxylic acids is 1. The number of hydrogen-bond acceptors (Lipinski definition) is 3. The lowest BCUT2D eigenvalue weighted by Gasteiger charge is -2.17. The van der Waals surface area contributed by atoms with E-state index in [9.17, 15) is 9.18 Å². The van der Waals surface area contributed by atoms with Crippen molar-refractivity contribution in [1.29, 1.82) is 0 Å².